The minimum absolute atomic E-state index is 0.214. The molecule has 6 heteroatoms. The Bertz CT molecular complexity index is 990. The molecule has 0 N–H and O–H groups in total. The van der Waals surface area contributed by atoms with Crippen LogP contribution in [0.25, 0.3) is 0 Å². The molecule has 0 unspecified atom stereocenters. The third kappa shape index (κ3) is 3.90. The van der Waals surface area contributed by atoms with Crippen LogP contribution in [0, 0.1) is 5.41 Å². The van der Waals surface area contributed by atoms with Crippen LogP contribution >= 0.6 is 0 Å². The molecular formula is C25H26N2O4. The first kappa shape index (κ1) is 21.0. The summed E-state index contributed by atoms with van der Waals surface area (Å²) in [4.78, 5) is 34.7. The minimum atomic E-state index is -1.04. The van der Waals surface area contributed by atoms with Gasteiger partial charge in [-0.3, -0.25) is 0 Å². The molecule has 6 nitrogen and oxygen atoms in total. The highest BCUT2D eigenvalue weighted by Crippen LogP contribution is 2.37. The van der Waals surface area contributed by atoms with Crippen molar-refractivity contribution in [2.45, 2.75) is 51.6 Å². The largest absolute Gasteiger partial charge is 0.409 e. The highest BCUT2D eigenvalue weighted by atomic mass is 16.6. The molecule has 0 radical (unpaired) electrons. The summed E-state index contributed by atoms with van der Waals surface area (Å²) in [6, 6.07) is 19.4. The lowest BCUT2D eigenvalue weighted by Crippen LogP contribution is -2.35. The van der Waals surface area contributed by atoms with Gasteiger partial charge in [-0.25, -0.2) is 19.6 Å². The van der Waals surface area contributed by atoms with Crippen molar-refractivity contribution in [3.05, 3.63) is 71.8 Å². The highest BCUT2D eigenvalue weighted by molar-refractivity contribution is 6.15. The number of hydrogen-bond acceptors (Lipinski definition) is 6. The summed E-state index contributed by atoms with van der Waals surface area (Å²) >= 11 is 0. The molecule has 4 rings (SSSR count). The second kappa shape index (κ2) is 7.45. The van der Waals surface area contributed by atoms with Crippen molar-refractivity contribution in [3.63, 3.8) is 0 Å². The Kier molecular flexibility index (Phi) is 5.04. The van der Waals surface area contributed by atoms with Crippen molar-refractivity contribution >= 4 is 23.7 Å². The van der Waals surface area contributed by atoms with Gasteiger partial charge in [0.05, 0.1) is 0 Å². The molecule has 2 aromatic rings. The molecule has 160 valence electrons. The van der Waals surface area contributed by atoms with Gasteiger partial charge in [-0.1, -0.05) is 60.7 Å². The Hall–Kier alpha value is -3.28. The maximum absolute atomic E-state index is 12.7. The standard InChI is InChI=1S/C25H26N2O4/c1-23(2,19-26-24(3,21(28)30-19)15-17-11-7-5-8-12-17)20-27-25(4,22(29)31-20)16-18-13-9-6-10-14-18/h5-14H,15-16H2,1-4H3/t24-,25-/m1/s1. The lowest BCUT2D eigenvalue weighted by atomic mass is 9.91. The summed E-state index contributed by atoms with van der Waals surface area (Å²) in [7, 11) is 0. The van der Waals surface area contributed by atoms with E-state index in [1.807, 2.05) is 60.7 Å². The Morgan fingerprint density at radius 1 is 0.710 bits per heavy atom. The summed E-state index contributed by atoms with van der Waals surface area (Å²) in [6.07, 6.45) is 0.842. The van der Waals surface area contributed by atoms with E-state index in [0.717, 1.165) is 11.1 Å². The second-order valence-electron chi connectivity index (χ2n) is 9.11. The third-order valence-corrected chi connectivity index (χ3v) is 5.81. The minimum Gasteiger partial charge on any atom is -0.409 e. The molecule has 2 atom stereocenters. The van der Waals surface area contributed by atoms with Crippen LogP contribution in [-0.2, 0) is 31.9 Å². The van der Waals surface area contributed by atoms with E-state index < -0.39 is 28.4 Å². The van der Waals surface area contributed by atoms with Crippen LogP contribution in [0.1, 0.15) is 38.8 Å². The molecule has 0 amide bonds. The summed E-state index contributed by atoms with van der Waals surface area (Å²) in [6.45, 7) is 7.11. The second-order valence-corrected chi connectivity index (χ2v) is 9.11. The quantitative estimate of drug-likeness (QED) is 0.666. The van der Waals surface area contributed by atoms with Gasteiger partial charge in [0.2, 0.25) is 11.8 Å². The number of benzene rings is 2. The van der Waals surface area contributed by atoms with Crippen LogP contribution < -0.4 is 0 Å². The van der Waals surface area contributed by atoms with E-state index in [0.29, 0.717) is 12.8 Å². The number of cyclic esters (lactones) is 2. The van der Waals surface area contributed by atoms with Crippen LogP contribution in [0.4, 0.5) is 0 Å². The van der Waals surface area contributed by atoms with Gasteiger partial charge in [0, 0.05) is 12.8 Å². The molecule has 0 bridgehead atoms. The molecule has 0 fully saturated rings. The number of hydrogen-bond donors (Lipinski definition) is 0. The van der Waals surface area contributed by atoms with Gasteiger partial charge in [-0.05, 0) is 38.8 Å². The van der Waals surface area contributed by atoms with E-state index in [1.54, 1.807) is 27.7 Å². The highest BCUT2D eigenvalue weighted by Gasteiger charge is 2.52. The molecule has 0 saturated carbocycles. The Balaban J connectivity index is 1.60. The van der Waals surface area contributed by atoms with Gasteiger partial charge in [-0.2, -0.15) is 0 Å². The first-order valence-corrected chi connectivity index (χ1v) is 10.4. The van der Waals surface area contributed by atoms with E-state index in [4.69, 9.17) is 9.47 Å². The van der Waals surface area contributed by atoms with Crippen molar-refractivity contribution in [1.29, 1.82) is 0 Å². The first-order valence-electron chi connectivity index (χ1n) is 10.4. The number of aliphatic imine (C=N–C) groups is 2. The number of rotatable bonds is 6. The first-order chi connectivity index (χ1) is 14.6. The molecule has 0 aromatic heterocycles. The average Bonchev–Trinajstić information content (AvgIpc) is 3.20. The molecular weight excluding hydrogens is 392 g/mol. The number of carbonyl (C=O) groups excluding carboxylic acids is 2. The summed E-state index contributed by atoms with van der Waals surface area (Å²) < 4.78 is 11.2. The van der Waals surface area contributed by atoms with E-state index in [1.165, 1.54) is 0 Å². The zero-order valence-electron chi connectivity index (χ0n) is 18.2. The number of carbonyl (C=O) groups is 2. The maximum Gasteiger partial charge on any atom is 0.340 e. The topological polar surface area (TPSA) is 77.3 Å². The maximum atomic E-state index is 12.7. The van der Waals surface area contributed by atoms with Crippen molar-refractivity contribution in [1.82, 2.24) is 0 Å². The van der Waals surface area contributed by atoms with E-state index in [-0.39, 0.29) is 11.8 Å². The molecule has 2 heterocycles. The van der Waals surface area contributed by atoms with Crippen LogP contribution in [0.3, 0.4) is 0 Å². The Labute approximate surface area is 182 Å². The molecule has 0 spiro atoms. The van der Waals surface area contributed by atoms with E-state index in [2.05, 4.69) is 9.98 Å². The SMILES string of the molecule is CC(C)(C1=N[C@](C)(Cc2ccccc2)C(=O)O1)C1=N[C@](C)(Cc2ccccc2)C(=O)O1. The zero-order valence-corrected chi connectivity index (χ0v) is 18.2. The molecule has 2 aliphatic rings. The van der Waals surface area contributed by atoms with E-state index >= 15 is 0 Å². The molecule has 0 saturated heterocycles. The van der Waals surface area contributed by atoms with Crippen LogP contribution in [0.15, 0.2) is 70.6 Å². The van der Waals surface area contributed by atoms with Gasteiger partial charge < -0.3 is 9.47 Å². The van der Waals surface area contributed by atoms with Crippen molar-refractivity contribution < 1.29 is 19.1 Å². The van der Waals surface area contributed by atoms with Crippen molar-refractivity contribution in [2.24, 2.45) is 15.4 Å². The van der Waals surface area contributed by atoms with Crippen LogP contribution in [0.2, 0.25) is 0 Å². The molecule has 0 aliphatic carbocycles. The smallest absolute Gasteiger partial charge is 0.340 e. The summed E-state index contributed by atoms with van der Waals surface area (Å²) in [5, 5.41) is 0. The molecule has 31 heavy (non-hydrogen) atoms. The summed E-state index contributed by atoms with van der Waals surface area (Å²) in [5.74, 6) is -0.411. The van der Waals surface area contributed by atoms with Crippen molar-refractivity contribution in [3.8, 4) is 0 Å². The van der Waals surface area contributed by atoms with Gasteiger partial charge in [0.15, 0.2) is 11.1 Å². The fourth-order valence-corrected chi connectivity index (χ4v) is 3.82. The predicted molar refractivity (Wildman–Crippen MR) is 118 cm³/mol. The predicted octanol–water partition coefficient (Wildman–Crippen LogP) is 3.93. The lowest BCUT2D eigenvalue weighted by molar-refractivity contribution is -0.138. The van der Waals surface area contributed by atoms with Gasteiger partial charge in [0.25, 0.3) is 0 Å². The van der Waals surface area contributed by atoms with Gasteiger partial charge in [0.1, 0.15) is 5.41 Å². The molecule has 2 aliphatic heterocycles. The third-order valence-electron chi connectivity index (χ3n) is 5.81. The number of ether oxygens (including phenoxy) is 2. The van der Waals surface area contributed by atoms with Crippen molar-refractivity contribution in [2.75, 3.05) is 0 Å². The zero-order chi connectivity index (χ0) is 22.3. The molecule has 2 aromatic carbocycles. The van der Waals surface area contributed by atoms with Gasteiger partial charge >= 0.3 is 11.9 Å². The van der Waals surface area contributed by atoms with E-state index in [9.17, 15) is 9.59 Å². The average molecular weight is 418 g/mol. The Morgan fingerprint density at radius 2 is 1.06 bits per heavy atom. The normalized spacial score (nSPS) is 25.7. The Morgan fingerprint density at radius 3 is 1.42 bits per heavy atom. The van der Waals surface area contributed by atoms with Crippen LogP contribution in [0.5, 0.6) is 0 Å². The van der Waals surface area contributed by atoms with Crippen LogP contribution in [-0.4, -0.2) is 34.8 Å². The van der Waals surface area contributed by atoms with Gasteiger partial charge in [-0.15, -0.1) is 0 Å². The number of nitrogens with zero attached hydrogens (tertiary/aromatic N) is 2. The fraction of sp³-hybridized carbons (Fsp3) is 0.360. The number of esters is 2. The fourth-order valence-electron chi connectivity index (χ4n) is 3.82. The monoisotopic (exact) mass is 418 g/mol. The summed E-state index contributed by atoms with van der Waals surface area (Å²) in [5.41, 5.74) is -1.06. The lowest BCUT2D eigenvalue weighted by Gasteiger charge is -2.21.